The van der Waals surface area contributed by atoms with Crippen LogP contribution in [0.15, 0.2) is 79.0 Å². The standard InChI is InChI=1S/C34H38FN3O5.Na.H/c1-22(2)38-29(16-15-27(39)20-28(40)21-30(41)42)31(24-11-13-25(35)14-12-24)32(23-8-4-3-5-9-23)33(38)34(43)37-19-17-26-10-6-7-18-36-26;;/h3-14,18,22,27-28,39-40H,15-17,19-21H2,1-2H3,(H,37,43)(H,41,42);;/t27-,28-;;/m1../s1. The first-order valence-electron chi connectivity index (χ1n) is 14.5. The van der Waals surface area contributed by atoms with Gasteiger partial charge in [-0.05, 0) is 68.5 Å². The van der Waals surface area contributed by atoms with E-state index < -0.39 is 24.6 Å². The number of amides is 1. The van der Waals surface area contributed by atoms with Crippen LogP contribution in [-0.4, -0.2) is 85.1 Å². The Morgan fingerprint density at radius 1 is 0.886 bits per heavy atom. The molecule has 0 saturated carbocycles. The Kier molecular flexibility index (Phi) is 13.3. The van der Waals surface area contributed by atoms with E-state index in [2.05, 4.69) is 10.3 Å². The number of rotatable bonds is 14. The first-order chi connectivity index (χ1) is 20.7. The maximum atomic E-state index is 14.0. The molecule has 0 spiro atoms. The summed E-state index contributed by atoms with van der Waals surface area (Å²) in [6.07, 6.45) is 0.115. The molecule has 44 heavy (non-hydrogen) atoms. The van der Waals surface area contributed by atoms with Crippen molar-refractivity contribution in [3.05, 3.63) is 102 Å². The van der Waals surface area contributed by atoms with Crippen LogP contribution in [0.5, 0.6) is 0 Å². The van der Waals surface area contributed by atoms with Gasteiger partial charge in [0, 0.05) is 47.7 Å². The van der Waals surface area contributed by atoms with Crippen molar-refractivity contribution < 1.29 is 29.3 Å². The maximum absolute atomic E-state index is 14.0. The molecule has 4 aromatic rings. The summed E-state index contributed by atoms with van der Waals surface area (Å²) < 4.78 is 16.0. The van der Waals surface area contributed by atoms with Crippen LogP contribution < -0.4 is 5.32 Å². The van der Waals surface area contributed by atoms with Crippen LogP contribution in [0, 0.1) is 5.82 Å². The summed E-state index contributed by atoms with van der Waals surface area (Å²) >= 11 is 0. The zero-order chi connectivity index (χ0) is 30.9. The summed E-state index contributed by atoms with van der Waals surface area (Å²) in [5.41, 5.74) is 5.09. The first-order valence-corrected chi connectivity index (χ1v) is 14.5. The third-order valence-electron chi connectivity index (χ3n) is 7.30. The average Bonchev–Trinajstić information content (AvgIpc) is 3.32. The molecule has 0 saturated heterocycles. The van der Waals surface area contributed by atoms with Gasteiger partial charge in [0.1, 0.15) is 11.5 Å². The van der Waals surface area contributed by atoms with Crippen LogP contribution in [0.1, 0.15) is 61.0 Å². The molecule has 4 rings (SSSR count). The first kappa shape index (κ1) is 35.1. The summed E-state index contributed by atoms with van der Waals surface area (Å²) in [6.45, 7) is 4.32. The number of halogens is 1. The molecule has 0 aliphatic carbocycles. The molecular weight excluding hydrogens is 572 g/mol. The Morgan fingerprint density at radius 2 is 1.55 bits per heavy atom. The van der Waals surface area contributed by atoms with Crippen LogP contribution in [0.4, 0.5) is 4.39 Å². The van der Waals surface area contributed by atoms with E-state index in [0.717, 1.165) is 28.1 Å². The van der Waals surface area contributed by atoms with Crippen molar-refractivity contribution in [3.63, 3.8) is 0 Å². The number of carboxylic acid groups (broad SMARTS) is 1. The van der Waals surface area contributed by atoms with E-state index >= 15 is 0 Å². The Hall–Kier alpha value is -3.34. The van der Waals surface area contributed by atoms with E-state index in [0.29, 0.717) is 30.6 Å². The van der Waals surface area contributed by atoms with Crippen LogP contribution in [-0.2, 0) is 17.6 Å². The number of aromatic nitrogens is 2. The monoisotopic (exact) mass is 611 g/mol. The van der Waals surface area contributed by atoms with E-state index in [9.17, 15) is 24.2 Å². The number of hydrogen-bond donors (Lipinski definition) is 4. The van der Waals surface area contributed by atoms with Gasteiger partial charge in [0.05, 0.1) is 18.6 Å². The molecule has 2 aromatic carbocycles. The number of carboxylic acids is 1. The van der Waals surface area contributed by atoms with Crippen molar-refractivity contribution in [2.24, 2.45) is 0 Å². The van der Waals surface area contributed by atoms with Crippen LogP contribution >= 0.6 is 0 Å². The molecule has 4 N–H and O–H groups in total. The van der Waals surface area contributed by atoms with Gasteiger partial charge in [0.15, 0.2) is 0 Å². The number of carbonyl (C=O) groups excluding carboxylic acids is 1. The molecule has 0 radical (unpaired) electrons. The molecule has 0 bridgehead atoms. The number of aliphatic carboxylic acids is 1. The minimum absolute atomic E-state index is 0. The van der Waals surface area contributed by atoms with Gasteiger partial charge in [-0.15, -0.1) is 0 Å². The second-order valence-electron chi connectivity index (χ2n) is 10.9. The Bertz CT molecular complexity index is 1510. The van der Waals surface area contributed by atoms with Gasteiger partial charge in [-0.25, -0.2) is 4.39 Å². The number of carbonyl (C=O) groups is 2. The summed E-state index contributed by atoms with van der Waals surface area (Å²) in [5, 5.41) is 32.9. The van der Waals surface area contributed by atoms with Crippen molar-refractivity contribution >= 4 is 41.4 Å². The van der Waals surface area contributed by atoms with E-state index in [1.165, 1.54) is 12.1 Å². The summed E-state index contributed by atoms with van der Waals surface area (Å²) in [6, 6.07) is 21.2. The molecule has 228 valence electrons. The molecule has 1 amide bonds. The number of pyridine rings is 1. The number of nitrogens with one attached hydrogen (secondary N) is 1. The average molecular weight is 612 g/mol. The van der Waals surface area contributed by atoms with Crippen molar-refractivity contribution in [2.75, 3.05) is 6.54 Å². The number of hydrogen-bond acceptors (Lipinski definition) is 5. The molecule has 2 aromatic heterocycles. The Morgan fingerprint density at radius 3 is 2.16 bits per heavy atom. The number of nitrogens with zero attached hydrogens (tertiary/aromatic N) is 2. The molecule has 2 atom stereocenters. The zero-order valence-corrected chi connectivity index (χ0v) is 24.4. The molecule has 0 fully saturated rings. The normalized spacial score (nSPS) is 12.4. The van der Waals surface area contributed by atoms with Gasteiger partial charge in [-0.3, -0.25) is 14.6 Å². The van der Waals surface area contributed by atoms with Crippen molar-refractivity contribution in [2.45, 2.75) is 64.2 Å². The molecule has 8 nitrogen and oxygen atoms in total. The fraction of sp³-hybridized carbons (Fsp3) is 0.324. The molecular formula is C34H39FN3NaO5. The van der Waals surface area contributed by atoms with Gasteiger partial charge in [0.25, 0.3) is 5.91 Å². The van der Waals surface area contributed by atoms with Gasteiger partial charge >= 0.3 is 35.5 Å². The number of benzene rings is 2. The molecule has 10 heteroatoms. The molecule has 0 aliphatic heterocycles. The van der Waals surface area contributed by atoms with Gasteiger partial charge in [-0.1, -0.05) is 48.5 Å². The quantitative estimate of drug-likeness (QED) is 0.152. The molecule has 2 heterocycles. The number of aliphatic hydroxyl groups is 2. The van der Waals surface area contributed by atoms with E-state index in [1.54, 1.807) is 18.3 Å². The number of aliphatic hydroxyl groups excluding tert-OH is 2. The Labute approximate surface area is 279 Å². The Balaban J connectivity index is 0.00000529. The van der Waals surface area contributed by atoms with E-state index in [-0.39, 0.29) is 60.2 Å². The van der Waals surface area contributed by atoms with Gasteiger partial charge in [-0.2, -0.15) is 0 Å². The minimum atomic E-state index is -1.18. The fourth-order valence-corrected chi connectivity index (χ4v) is 5.44. The summed E-state index contributed by atoms with van der Waals surface area (Å²) in [5.74, 6) is -1.79. The fourth-order valence-electron chi connectivity index (χ4n) is 5.44. The SMILES string of the molecule is CC(C)n1c(CC[C@@H](O)C[C@@H](O)CC(=O)O)c(-c2ccc(F)cc2)c(-c2ccccc2)c1C(=O)NCCc1ccccn1.[NaH]. The summed E-state index contributed by atoms with van der Waals surface area (Å²) in [4.78, 5) is 29.4. The molecule has 0 aliphatic rings. The summed E-state index contributed by atoms with van der Waals surface area (Å²) in [7, 11) is 0. The van der Waals surface area contributed by atoms with E-state index in [1.807, 2.05) is 66.9 Å². The van der Waals surface area contributed by atoms with Gasteiger partial charge in [0.2, 0.25) is 0 Å². The zero-order valence-electron chi connectivity index (χ0n) is 24.4. The molecule has 0 unspecified atom stereocenters. The second kappa shape index (κ2) is 16.7. The van der Waals surface area contributed by atoms with Crippen LogP contribution in [0.2, 0.25) is 0 Å². The van der Waals surface area contributed by atoms with E-state index in [4.69, 9.17) is 5.11 Å². The third kappa shape index (κ3) is 9.09. The van der Waals surface area contributed by atoms with Crippen molar-refractivity contribution in [1.82, 2.24) is 14.9 Å². The second-order valence-corrected chi connectivity index (χ2v) is 10.9. The van der Waals surface area contributed by atoms with Crippen LogP contribution in [0.25, 0.3) is 22.3 Å². The predicted octanol–water partition coefficient (Wildman–Crippen LogP) is 4.78. The topological polar surface area (TPSA) is 125 Å². The van der Waals surface area contributed by atoms with Crippen molar-refractivity contribution in [3.8, 4) is 22.3 Å². The third-order valence-corrected chi connectivity index (χ3v) is 7.30. The predicted molar refractivity (Wildman–Crippen MR) is 170 cm³/mol. The van der Waals surface area contributed by atoms with Crippen LogP contribution in [0.3, 0.4) is 0 Å². The van der Waals surface area contributed by atoms with Gasteiger partial charge < -0.3 is 25.2 Å². The van der Waals surface area contributed by atoms with Crippen molar-refractivity contribution in [1.29, 1.82) is 0 Å².